The summed E-state index contributed by atoms with van der Waals surface area (Å²) in [6, 6.07) is -1.58. The summed E-state index contributed by atoms with van der Waals surface area (Å²) in [5.41, 5.74) is 0.184. The van der Waals surface area contributed by atoms with E-state index < -0.39 is 41.4 Å². The summed E-state index contributed by atoms with van der Waals surface area (Å²) in [7, 11) is 0. The first-order valence-electron chi connectivity index (χ1n) is 17.3. The highest BCUT2D eigenvalue weighted by Gasteiger charge is 2.51. The van der Waals surface area contributed by atoms with Gasteiger partial charge < -0.3 is 10.2 Å². The first-order chi connectivity index (χ1) is 21.8. The Bertz CT molecular complexity index is 1250. The Labute approximate surface area is 274 Å². The van der Waals surface area contributed by atoms with Crippen LogP contribution in [0.3, 0.4) is 0 Å². The number of nitrogens with zero attached hydrogens (tertiary/aromatic N) is 3. The second kappa shape index (κ2) is 17.0. The number of hydrogen-bond acceptors (Lipinski definition) is 8. The third-order valence-electron chi connectivity index (χ3n) is 10.1. The number of aromatic nitrogens is 2. The molecular formula is C36H54N4O6. The van der Waals surface area contributed by atoms with Crippen LogP contribution in [0.15, 0.2) is 18.6 Å². The number of fused-ring (bicyclic) bond motifs is 1. The van der Waals surface area contributed by atoms with Crippen LogP contribution in [-0.4, -0.2) is 68.4 Å². The van der Waals surface area contributed by atoms with Crippen molar-refractivity contribution in [2.45, 2.75) is 118 Å². The average molecular weight is 639 g/mol. The highest BCUT2D eigenvalue weighted by Crippen LogP contribution is 2.43. The zero-order valence-electron chi connectivity index (χ0n) is 28.8. The van der Waals surface area contributed by atoms with Crippen molar-refractivity contribution in [2.75, 3.05) is 6.54 Å². The molecule has 254 valence electrons. The number of hydrogen-bond donors (Lipinski definition) is 1. The van der Waals surface area contributed by atoms with E-state index in [0.717, 1.165) is 25.7 Å². The predicted molar refractivity (Wildman–Crippen MR) is 175 cm³/mol. The van der Waals surface area contributed by atoms with Gasteiger partial charge in [0.05, 0.1) is 12.2 Å². The SMILES string of the molecule is CCCC(CC(=O)C1[C@H]2CCC[C@H]2CN1C(=O)[C@@H](NC(=O)[C@H](CC(=O)c1cnccn1)C(C)C)C(C)C)C(=O)C(=O)C[C@H](C)CC. The van der Waals surface area contributed by atoms with Crippen molar-refractivity contribution in [1.29, 1.82) is 0 Å². The molecule has 2 fully saturated rings. The maximum atomic E-state index is 14.3. The van der Waals surface area contributed by atoms with E-state index in [9.17, 15) is 28.8 Å². The highest BCUT2D eigenvalue weighted by molar-refractivity contribution is 6.38. The van der Waals surface area contributed by atoms with Gasteiger partial charge in [-0.3, -0.25) is 33.8 Å². The molecule has 1 saturated carbocycles. The van der Waals surface area contributed by atoms with Crippen molar-refractivity contribution in [3.63, 3.8) is 0 Å². The lowest BCUT2D eigenvalue weighted by Crippen LogP contribution is -2.56. The molecule has 0 radical (unpaired) electrons. The first-order valence-corrected chi connectivity index (χ1v) is 17.3. The summed E-state index contributed by atoms with van der Waals surface area (Å²) in [5.74, 6) is -3.62. The van der Waals surface area contributed by atoms with Crippen molar-refractivity contribution in [1.82, 2.24) is 20.2 Å². The molecular weight excluding hydrogens is 584 g/mol. The van der Waals surface area contributed by atoms with Crippen molar-refractivity contribution in [2.24, 2.45) is 41.4 Å². The molecule has 7 atom stereocenters. The highest BCUT2D eigenvalue weighted by atomic mass is 16.2. The fourth-order valence-electron chi connectivity index (χ4n) is 7.10. The Balaban J connectivity index is 1.80. The Kier molecular flexibility index (Phi) is 13.8. The molecule has 2 heterocycles. The summed E-state index contributed by atoms with van der Waals surface area (Å²) < 4.78 is 0. The van der Waals surface area contributed by atoms with Gasteiger partial charge in [-0.2, -0.15) is 0 Å². The number of carbonyl (C=O) groups excluding carboxylic acids is 6. The number of nitrogens with one attached hydrogen (secondary N) is 1. The zero-order valence-corrected chi connectivity index (χ0v) is 28.8. The molecule has 1 N–H and O–H groups in total. The number of carbonyl (C=O) groups is 6. The molecule has 10 nitrogen and oxygen atoms in total. The summed E-state index contributed by atoms with van der Waals surface area (Å²) in [6.07, 6.45) is 8.95. The molecule has 2 aliphatic rings. The van der Waals surface area contributed by atoms with E-state index in [0.29, 0.717) is 19.4 Å². The van der Waals surface area contributed by atoms with Crippen LogP contribution in [0.1, 0.15) is 117 Å². The third kappa shape index (κ3) is 9.16. The summed E-state index contributed by atoms with van der Waals surface area (Å²) in [4.78, 5) is 90.6. The minimum Gasteiger partial charge on any atom is -0.344 e. The molecule has 46 heavy (non-hydrogen) atoms. The molecule has 2 amide bonds. The van der Waals surface area contributed by atoms with Gasteiger partial charge in [-0.25, -0.2) is 4.98 Å². The number of ketones is 4. The van der Waals surface area contributed by atoms with E-state index in [1.807, 2.05) is 48.5 Å². The van der Waals surface area contributed by atoms with Crippen molar-refractivity contribution in [3.8, 4) is 0 Å². The molecule has 0 spiro atoms. The fraction of sp³-hybridized carbons (Fsp3) is 0.722. The molecule has 1 aliphatic carbocycles. The van der Waals surface area contributed by atoms with Gasteiger partial charge in [0.15, 0.2) is 17.3 Å². The van der Waals surface area contributed by atoms with Gasteiger partial charge in [-0.15, -0.1) is 0 Å². The van der Waals surface area contributed by atoms with Crippen LogP contribution in [0.25, 0.3) is 0 Å². The second-order valence-electron chi connectivity index (χ2n) is 14.3. The minimum atomic E-state index is -0.889. The van der Waals surface area contributed by atoms with Crippen molar-refractivity contribution in [3.05, 3.63) is 24.3 Å². The zero-order chi connectivity index (χ0) is 34.1. The van der Waals surface area contributed by atoms with Crippen LogP contribution >= 0.6 is 0 Å². The normalized spacial score (nSPS) is 21.8. The average Bonchev–Trinajstić information content (AvgIpc) is 3.63. The van der Waals surface area contributed by atoms with Crippen LogP contribution in [0.2, 0.25) is 0 Å². The molecule has 2 unspecified atom stereocenters. The van der Waals surface area contributed by atoms with Gasteiger partial charge in [0.1, 0.15) is 11.7 Å². The van der Waals surface area contributed by atoms with E-state index in [1.54, 1.807) is 4.90 Å². The Morgan fingerprint density at radius 1 is 0.935 bits per heavy atom. The Morgan fingerprint density at radius 2 is 1.65 bits per heavy atom. The van der Waals surface area contributed by atoms with Gasteiger partial charge in [0.25, 0.3) is 0 Å². The largest absolute Gasteiger partial charge is 0.344 e. The summed E-state index contributed by atoms with van der Waals surface area (Å²) in [6.45, 7) is 13.7. The maximum absolute atomic E-state index is 14.3. The number of likely N-dealkylation sites (tertiary alicyclic amines) is 1. The molecule has 1 saturated heterocycles. The van der Waals surface area contributed by atoms with Gasteiger partial charge in [0, 0.05) is 50.0 Å². The molecule has 1 aliphatic heterocycles. The van der Waals surface area contributed by atoms with Crippen LogP contribution in [0.5, 0.6) is 0 Å². The van der Waals surface area contributed by atoms with E-state index >= 15 is 0 Å². The molecule has 0 bridgehead atoms. The minimum absolute atomic E-state index is 0.00109. The quantitative estimate of drug-likeness (QED) is 0.174. The predicted octanol–water partition coefficient (Wildman–Crippen LogP) is 5.04. The Morgan fingerprint density at radius 3 is 2.24 bits per heavy atom. The fourth-order valence-corrected chi connectivity index (χ4v) is 7.10. The second-order valence-corrected chi connectivity index (χ2v) is 14.3. The Hall–Kier alpha value is -3.30. The summed E-state index contributed by atoms with van der Waals surface area (Å²) in [5, 5.41) is 2.95. The smallest absolute Gasteiger partial charge is 0.246 e. The topological polar surface area (TPSA) is 143 Å². The summed E-state index contributed by atoms with van der Waals surface area (Å²) >= 11 is 0. The molecule has 1 aromatic rings. The van der Waals surface area contributed by atoms with Crippen molar-refractivity contribution < 1.29 is 28.8 Å². The maximum Gasteiger partial charge on any atom is 0.246 e. The molecule has 0 aromatic carbocycles. The van der Waals surface area contributed by atoms with E-state index in [-0.39, 0.29) is 72.0 Å². The third-order valence-corrected chi connectivity index (χ3v) is 10.1. The van der Waals surface area contributed by atoms with Gasteiger partial charge in [-0.05, 0) is 48.9 Å². The van der Waals surface area contributed by atoms with Gasteiger partial charge in [0.2, 0.25) is 17.6 Å². The molecule has 1 aromatic heterocycles. The number of amides is 2. The standard InChI is InChI=1S/C36H54N4O6/c1-8-11-24(34(44)31(43)16-23(7)9-2)17-30(42)33-26-13-10-12-25(26)20-40(33)36(46)32(22(5)6)39-35(45)27(21(3)4)18-29(41)28-19-37-14-15-38-28/h14-15,19,21-27,32-33H,8-13,16-18,20H2,1-7H3,(H,39,45)/t23-,24?,25+,26+,27-,32+,33?/m1/s1. The lowest BCUT2D eigenvalue weighted by Gasteiger charge is -2.33. The van der Waals surface area contributed by atoms with Crippen LogP contribution < -0.4 is 5.32 Å². The first kappa shape index (κ1) is 37.2. The van der Waals surface area contributed by atoms with Crippen LogP contribution in [0, 0.1) is 41.4 Å². The number of Topliss-reactive ketones (excluding diaryl/α,β-unsaturated/α-hetero) is 4. The lowest BCUT2D eigenvalue weighted by atomic mass is 9.83. The molecule has 10 heteroatoms. The molecule has 3 rings (SSSR count). The van der Waals surface area contributed by atoms with Crippen LogP contribution in [-0.2, 0) is 24.0 Å². The van der Waals surface area contributed by atoms with Crippen molar-refractivity contribution >= 4 is 34.9 Å². The van der Waals surface area contributed by atoms with E-state index in [2.05, 4.69) is 15.3 Å². The monoisotopic (exact) mass is 638 g/mol. The van der Waals surface area contributed by atoms with Gasteiger partial charge in [-0.1, -0.05) is 67.7 Å². The van der Waals surface area contributed by atoms with E-state index in [1.165, 1.54) is 18.6 Å². The van der Waals surface area contributed by atoms with E-state index in [4.69, 9.17) is 0 Å². The number of rotatable bonds is 18. The van der Waals surface area contributed by atoms with Gasteiger partial charge >= 0.3 is 0 Å². The lowest BCUT2D eigenvalue weighted by molar-refractivity contribution is -0.145. The van der Waals surface area contributed by atoms with Crippen LogP contribution in [0.4, 0.5) is 0 Å².